The Kier molecular flexibility index (Phi) is 4.52. The number of carbonyl (C=O) groups excluding carboxylic acids is 1. The van der Waals surface area contributed by atoms with Gasteiger partial charge in [0.05, 0.1) is 6.21 Å². The van der Waals surface area contributed by atoms with Gasteiger partial charge < -0.3 is 4.52 Å². The molecule has 1 aromatic carbocycles. The third kappa shape index (κ3) is 3.52. The van der Waals surface area contributed by atoms with Crippen LogP contribution in [0.3, 0.4) is 0 Å². The van der Waals surface area contributed by atoms with Gasteiger partial charge in [0.25, 0.3) is 5.91 Å². The first-order chi connectivity index (χ1) is 12.0. The van der Waals surface area contributed by atoms with Gasteiger partial charge in [0.1, 0.15) is 5.76 Å². The highest BCUT2D eigenvalue weighted by molar-refractivity contribution is 5.95. The van der Waals surface area contributed by atoms with Crippen molar-refractivity contribution in [3.05, 3.63) is 70.2 Å². The number of hydrogen-bond acceptors (Lipinski definition) is 4. The van der Waals surface area contributed by atoms with Crippen LogP contribution in [0.15, 0.2) is 46.0 Å². The molecule has 3 aromatic rings. The van der Waals surface area contributed by atoms with Gasteiger partial charge in [-0.25, -0.2) is 5.43 Å². The van der Waals surface area contributed by atoms with Gasteiger partial charge >= 0.3 is 0 Å². The zero-order valence-corrected chi connectivity index (χ0v) is 14.7. The number of nitrogens with one attached hydrogen (secondary N) is 1. The first-order valence-electron chi connectivity index (χ1n) is 7.98. The predicted octanol–water partition coefficient (Wildman–Crippen LogP) is 3.46. The zero-order chi connectivity index (χ0) is 18.0. The van der Waals surface area contributed by atoms with E-state index in [1.165, 1.54) is 0 Å². The smallest absolute Gasteiger partial charge is 0.271 e. The summed E-state index contributed by atoms with van der Waals surface area (Å²) >= 11 is 0. The molecule has 128 valence electrons. The molecule has 2 heterocycles. The highest BCUT2D eigenvalue weighted by Gasteiger charge is 2.12. The lowest BCUT2D eigenvalue weighted by Gasteiger charge is -2.04. The number of hydrogen-bond donors (Lipinski definition) is 1. The van der Waals surface area contributed by atoms with E-state index in [9.17, 15) is 4.79 Å². The summed E-state index contributed by atoms with van der Waals surface area (Å²) in [5, 5.41) is 8.12. The number of benzene rings is 1. The number of carbonyl (C=O) groups is 1. The molecule has 0 saturated heterocycles. The van der Waals surface area contributed by atoms with E-state index in [4.69, 9.17) is 4.52 Å². The number of nitrogens with zero attached hydrogens (tertiary/aromatic N) is 3. The van der Waals surface area contributed by atoms with E-state index in [0.717, 1.165) is 34.1 Å². The maximum atomic E-state index is 12.1. The number of aromatic nitrogens is 2. The van der Waals surface area contributed by atoms with E-state index in [-0.39, 0.29) is 5.91 Å². The monoisotopic (exact) mass is 336 g/mol. The Morgan fingerprint density at radius 3 is 2.52 bits per heavy atom. The van der Waals surface area contributed by atoms with Crippen molar-refractivity contribution < 1.29 is 9.32 Å². The number of aryl methyl sites for hydroxylation is 3. The second-order valence-corrected chi connectivity index (χ2v) is 6.02. The molecule has 0 aliphatic heterocycles. The van der Waals surface area contributed by atoms with Crippen LogP contribution in [-0.2, 0) is 0 Å². The molecule has 0 atom stereocenters. The third-order valence-corrected chi connectivity index (χ3v) is 4.00. The van der Waals surface area contributed by atoms with Gasteiger partial charge in [-0.2, -0.15) is 5.10 Å². The Labute approximate surface area is 146 Å². The van der Waals surface area contributed by atoms with Gasteiger partial charge in [0, 0.05) is 28.6 Å². The van der Waals surface area contributed by atoms with Crippen LogP contribution in [0.25, 0.3) is 5.82 Å². The molecule has 2 aromatic heterocycles. The van der Waals surface area contributed by atoms with Crippen LogP contribution in [0.2, 0.25) is 0 Å². The quantitative estimate of drug-likeness (QED) is 0.586. The van der Waals surface area contributed by atoms with Crippen molar-refractivity contribution in [1.82, 2.24) is 15.1 Å². The van der Waals surface area contributed by atoms with Crippen molar-refractivity contribution in [3.63, 3.8) is 0 Å². The average molecular weight is 336 g/mol. The highest BCUT2D eigenvalue weighted by Crippen LogP contribution is 2.19. The molecule has 3 rings (SSSR count). The highest BCUT2D eigenvalue weighted by atomic mass is 16.5. The lowest BCUT2D eigenvalue weighted by Crippen LogP contribution is -2.17. The molecule has 0 bridgehead atoms. The second kappa shape index (κ2) is 6.76. The topological polar surface area (TPSA) is 72.4 Å². The fourth-order valence-corrected chi connectivity index (χ4v) is 2.66. The number of amides is 1. The van der Waals surface area contributed by atoms with Crippen LogP contribution in [0.1, 0.15) is 38.6 Å². The molecule has 6 nitrogen and oxygen atoms in total. The fourth-order valence-electron chi connectivity index (χ4n) is 2.66. The molecule has 0 radical (unpaired) electrons. The van der Waals surface area contributed by atoms with Crippen LogP contribution in [-0.4, -0.2) is 21.8 Å². The Balaban J connectivity index is 1.76. The molecule has 0 aliphatic carbocycles. The van der Waals surface area contributed by atoms with Crippen LogP contribution < -0.4 is 5.43 Å². The Morgan fingerprint density at radius 2 is 1.88 bits per heavy atom. The van der Waals surface area contributed by atoms with Crippen molar-refractivity contribution >= 4 is 12.1 Å². The number of rotatable bonds is 4. The molecule has 0 fully saturated rings. The van der Waals surface area contributed by atoms with E-state index < -0.39 is 0 Å². The standard InChI is InChI=1S/C19H20N4O2/c1-12-5-7-16(8-6-12)19(24)21-20-11-17-9-13(2)23(15(17)4)18-10-14(3)25-22-18/h5-11H,1-4H3,(H,21,24)/b20-11-. The Hall–Kier alpha value is -3.15. The zero-order valence-electron chi connectivity index (χ0n) is 14.7. The van der Waals surface area contributed by atoms with Gasteiger partial charge in [-0.15, -0.1) is 0 Å². The molecule has 0 saturated carbocycles. The summed E-state index contributed by atoms with van der Waals surface area (Å²) in [6.45, 7) is 7.79. The van der Waals surface area contributed by atoms with Crippen LogP contribution in [0.4, 0.5) is 0 Å². The molecule has 25 heavy (non-hydrogen) atoms. The van der Waals surface area contributed by atoms with E-state index in [0.29, 0.717) is 5.56 Å². The van der Waals surface area contributed by atoms with Crippen LogP contribution >= 0.6 is 0 Å². The maximum Gasteiger partial charge on any atom is 0.271 e. The van der Waals surface area contributed by atoms with E-state index in [1.54, 1.807) is 18.3 Å². The maximum absolute atomic E-state index is 12.1. The Morgan fingerprint density at radius 1 is 1.16 bits per heavy atom. The second-order valence-electron chi connectivity index (χ2n) is 6.02. The molecule has 0 unspecified atom stereocenters. The molecular weight excluding hydrogens is 316 g/mol. The van der Waals surface area contributed by atoms with Crippen molar-refractivity contribution in [1.29, 1.82) is 0 Å². The van der Waals surface area contributed by atoms with E-state index in [2.05, 4.69) is 15.7 Å². The van der Waals surface area contributed by atoms with E-state index >= 15 is 0 Å². The van der Waals surface area contributed by atoms with Gasteiger partial charge in [-0.05, 0) is 45.9 Å². The molecule has 0 aliphatic rings. The van der Waals surface area contributed by atoms with Gasteiger partial charge in [0.2, 0.25) is 0 Å². The first kappa shape index (κ1) is 16.7. The van der Waals surface area contributed by atoms with Crippen molar-refractivity contribution in [2.45, 2.75) is 27.7 Å². The first-order valence-corrected chi connectivity index (χ1v) is 7.98. The lowest BCUT2D eigenvalue weighted by molar-refractivity contribution is 0.0955. The summed E-state index contributed by atoms with van der Waals surface area (Å²) in [7, 11) is 0. The summed E-state index contributed by atoms with van der Waals surface area (Å²) in [6, 6.07) is 11.2. The lowest BCUT2D eigenvalue weighted by atomic mass is 10.1. The normalized spacial score (nSPS) is 11.2. The summed E-state index contributed by atoms with van der Waals surface area (Å²) in [6.07, 6.45) is 1.64. The van der Waals surface area contributed by atoms with Crippen molar-refractivity contribution in [2.75, 3.05) is 0 Å². The van der Waals surface area contributed by atoms with Gasteiger partial charge in [-0.1, -0.05) is 22.9 Å². The molecule has 6 heteroatoms. The van der Waals surface area contributed by atoms with Gasteiger partial charge in [0.15, 0.2) is 5.82 Å². The summed E-state index contributed by atoms with van der Waals surface area (Å²) < 4.78 is 7.13. The predicted molar refractivity (Wildman–Crippen MR) is 96.3 cm³/mol. The number of hydrazone groups is 1. The van der Waals surface area contributed by atoms with Crippen molar-refractivity contribution in [3.8, 4) is 5.82 Å². The summed E-state index contributed by atoms with van der Waals surface area (Å²) in [4.78, 5) is 12.1. The van der Waals surface area contributed by atoms with Crippen LogP contribution in [0.5, 0.6) is 0 Å². The van der Waals surface area contributed by atoms with Crippen LogP contribution in [0, 0.1) is 27.7 Å². The Bertz CT molecular complexity index is 933. The summed E-state index contributed by atoms with van der Waals surface area (Å²) in [5.74, 6) is 1.25. The average Bonchev–Trinajstić information content (AvgIpc) is 3.11. The van der Waals surface area contributed by atoms with Gasteiger partial charge in [-0.3, -0.25) is 9.36 Å². The van der Waals surface area contributed by atoms with E-state index in [1.807, 2.05) is 56.5 Å². The minimum absolute atomic E-state index is 0.239. The fraction of sp³-hybridized carbons (Fsp3) is 0.211. The minimum atomic E-state index is -0.239. The summed E-state index contributed by atoms with van der Waals surface area (Å²) in [5.41, 5.74) is 7.12. The molecular formula is C19H20N4O2. The molecule has 1 amide bonds. The minimum Gasteiger partial charge on any atom is -0.360 e. The largest absolute Gasteiger partial charge is 0.360 e. The third-order valence-electron chi connectivity index (χ3n) is 4.00. The molecule has 1 N–H and O–H groups in total. The van der Waals surface area contributed by atoms with Crippen molar-refractivity contribution in [2.24, 2.45) is 5.10 Å². The SMILES string of the molecule is Cc1ccc(C(=O)N/N=C\c2cc(C)n(-c3cc(C)on3)c2C)cc1. The molecule has 0 spiro atoms.